The van der Waals surface area contributed by atoms with Crippen molar-refractivity contribution in [3.8, 4) is 17.1 Å². The molecule has 1 aromatic carbocycles. The number of carbonyl (C=O) groups excluding carboxylic acids is 1. The van der Waals surface area contributed by atoms with Crippen LogP contribution in [0, 0.1) is 12.7 Å². The van der Waals surface area contributed by atoms with E-state index in [1.54, 1.807) is 6.92 Å². The maximum atomic E-state index is 14.6. The Labute approximate surface area is 121 Å². The number of hydrogen-bond donors (Lipinski definition) is 2. The molecular formula is C12H10FN3O4S. The van der Waals surface area contributed by atoms with Gasteiger partial charge in [-0.2, -0.15) is 0 Å². The number of aromatic hydroxyl groups is 1. The quantitative estimate of drug-likeness (QED) is 0.863. The highest BCUT2D eigenvalue weighted by atomic mass is 32.2. The highest BCUT2D eigenvalue weighted by molar-refractivity contribution is 7.85. The summed E-state index contributed by atoms with van der Waals surface area (Å²) in [5.41, 5.74) is 0.304. The molecule has 3 rings (SSSR count). The van der Waals surface area contributed by atoms with E-state index in [2.05, 4.69) is 9.88 Å². The molecule has 1 atom stereocenters. The molecular weight excluding hydrogens is 301 g/mol. The first-order chi connectivity index (χ1) is 9.97. The van der Waals surface area contributed by atoms with Crippen molar-refractivity contribution >= 4 is 22.8 Å². The predicted octanol–water partition coefficient (Wildman–Crippen LogP) is 1.01. The van der Waals surface area contributed by atoms with Crippen molar-refractivity contribution in [3.05, 3.63) is 29.7 Å². The summed E-state index contributed by atoms with van der Waals surface area (Å²) in [5.74, 6) is -1.60. The lowest BCUT2D eigenvalue weighted by atomic mass is 10.1. The van der Waals surface area contributed by atoms with Crippen molar-refractivity contribution in [2.24, 2.45) is 0 Å². The normalized spacial score (nSPS) is 18.1. The Morgan fingerprint density at radius 3 is 2.86 bits per heavy atom. The van der Waals surface area contributed by atoms with Gasteiger partial charge in [-0.1, -0.05) is 5.16 Å². The van der Waals surface area contributed by atoms with Gasteiger partial charge in [0.2, 0.25) is 11.2 Å². The second kappa shape index (κ2) is 4.85. The van der Waals surface area contributed by atoms with Crippen LogP contribution in [0.1, 0.15) is 5.69 Å². The molecule has 0 saturated carbocycles. The van der Waals surface area contributed by atoms with Crippen molar-refractivity contribution in [3.63, 3.8) is 0 Å². The van der Waals surface area contributed by atoms with Crippen molar-refractivity contribution in [2.45, 2.75) is 6.92 Å². The molecule has 1 fully saturated rings. The van der Waals surface area contributed by atoms with Crippen molar-refractivity contribution < 1.29 is 23.0 Å². The van der Waals surface area contributed by atoms with Crippen molar-refractivity contribution in [1.82, 2.24) is 9.88 Å². The Balaban J connectivity index is 2.13. The van der Waals surface area contributed by atoms with Gasteiger partial charge in [0.25, 0.3) is 5.91 Å². The summed E-state index contributed by atoms with van der Waals surface area (Å²) < 4.78 is 34.4. The third-order valence-corrected chi connectivity index (χ3v) is 4.04. The number of nitrogens with one attached hydrogen (secondary N) is 1. The number of nitrogens with zero attached hydrogens (tertiary/aromatic N) is 2. The molecule has 1 aromatic heterocycles. The summed E-state index contributed by atoms with van der Waals surface area (Å²) in [4.78, 5) is 11.2. The molecule has 0 aliphatic carbocycles. The van der Waals surface area contributed by atoms with Crippen LogP contribution in [0.3, 0.4) is 0 Å². The van der Waals surface area contributed by atoms with Gasteiger partial charge in [0.15, 0.2) is 11.6 Å². The zero-order valence-corrected chi connectivity index (χ0v) is 11.6. The van der Waals surface area contributed by atoms with Crippen LogP contribution in [0.5, 0.6) is 5.75 Å². The largest absolute Gasteiger partial charge is 0.506 e. The van der Waals surface area contributed by atoms with Gasteiger partial charge in [0.05, 0.1) is 11.3 Å². The Morgan fingerprint density at radius 2 is 2.29 bits per heavy atom. The van der Waals surface area contributed by atoms with Gasteiger partial charge in [0.1, 0.15) is 18.0 Å². The number of benzene rings is 1. The molecule has 1 unspecified atom stereocenters. The van der Waals surface area contributed by atoms with Gasteiger partial charge in [-0.15, -0.1) is 0 Å². The smallest absolute Gasteiger partial charge is 0.253 e. The molecule has 7 nitrogen and oxygen atoms in total. The number of anilines is 1. The minimum atomic E-state index is -1.93. The Kier molecular flexibility index (Phi) is 3.13. The summed E-state index contributed by atoms with van der Waals surface area (Å²) in [5, 5.41) is 13.5. The Morgan fingerprint density at radius 1 is 1.52 bits per heavy atom. The molecule has 9 heteroatoms. The lowest BCUT2D eigenvalue weighted by Crippen LogP contribution is -2.23. The molecule has 0 radical (unpaired) electrons. The van der Waals surface area contributed by atoms with Gasteiger partial charge in [0, 0.05) is 6.07 Å². The first-order valence-corrected chi connectivity index (χ1v) is 7.02. The minimum absolute atomic E-state index is 0.0553. The molecule has 110 valence electrons. The van der Waals surface area contributed by atoms with E-state index < -0.39 is 28.6 Å². The van der Waals surface area contributed by atoms with Crippen LogP contribution in [-0.2, 0) is 16.0 Å². The van der Waals surface area contributed by atoms with E-state index in [1.807, 2.05) is 0 Å². The number of aromatic nitrogens is 1. The highest BCUT2D eigenvalue weighted by Gasteiger charge is 2.32. The fourth-order valence-corrected chi connectivity index (χ4v) is 2.95. The predicted molar refractivity (Wildman–Crippen MR) is 71.9 cm³/mol. The first kappa shape index (κ1) is 13.6. The van der Waals surface area contributed by atoms with E-state index in [0.29, 0.717) is 5.69 Å². The molecule has 1 saturated heterocycles. The van der Waals surface area contributed by atoms with E-state index in [4.69, 9.17) is 4.52 Å². The van der Waals surface area contributed by atoms with E-state index in [-0.39, 0.29) is 23.6 Å². The third-order valence-electron chi connectivity index (χ3n) is 2.93. The molecule has 2 heterocycles. The summed E-state index contributed by atoms with van der Waals surface area (Å²) in [7, 11) is 0. The van der Waals surface area contributed by atoms with Crippen LogP contribution in [0.4, 0.5) is 10.1 Å². The molecule has 0 bridgehead atoms. The van der Waals surface area contributed by atoms with E-state index >= 15 is 0 Å². The van der Waals surface area contributed by atoms with Crippen LogP contribution in [0.15, 0.2) is 22.7 Å². The molecule has 2 N–H and O–H groups in total. The number of amides is 1. The Hall–Kier alpha value is -2.42. The molecule has 0 spiro atoms. The summed E-state index contributed by atoms with van der Waals surface area (Å²) in [6.07, 6.45) is 0. The van der Waals surface area contributed by atoms with Gasteiger partial charge in [-0.05, 0) is 19.1 Å². The maximum absolute atomic E-state index is 14.6. The standard InChI is InChI=1S/C12H10FN3O4S/c1-6-4-9(20-14-6)7-2-3-8(17)12(11(7)13)16-5-10(18)15-21(16)19/h2-4,17H,5H2,1H3,(H,15,18). The number of aryl methyl sites for hydroxylation is 1. The second-order valence-corrected chi connectivity index (χ2v) is 5.58. The number of carbonyl (C=O) groups is 1. The van der Waals surface area contributed by atoms with Crippen LogP contribution >= 0.6 is 0 Å². The SMILES string of the molecule is Cc1cc(-c2ccc(O)c(N3CC(=O)NS3=O)c2F)on1. The van der Waals surface area contributed by atoms with Crippen LogP contribution < -0.4 is 9.03 Å². The molecule has 1 aliphatic rings. The lowest BCUT2D eigenvalue weighted by Gasteiger charge is -2.17. The van der Waals surface area contributed by atoms with Crippen LogP contribution in [-0.4, -0.2) is 26.9 Å². The van der Waals surface area contributed by atoms with Gasteiger partial charge in [-0.3, -0.25) is 13.8 Å². The molecule has 1 amide bonds. The average Bonchev–Trinajstić information content (AvgIpc) is 2.96. The summed E-state index contributed by atoms with van der Waals surface area (Å²) >= 11 is -1.93. The summed E-state index contributed by atoms with van der Waals surface area (Å²) in [6.45, 7) is 1.38. The fourth-order valence-electron chi connectivity index (χ4n) is 2.01. The molecule has 1 aliphatic heterocycles. The van der Waals surface area contributed by atoms with E-state index in [0.717, 1.165) is 4.31 Å². The summed E-state index contributed by atoms with van der Waals surface area (Å²) in [6, 6.07) is 4.09. The number of rotatable bonds is 2. The Bertz CT molecular complexity index is 761. The number of hydrogen-bond acceptors (Lipinski definition) is 5. The number of phenolic OH excluding ortho intramolecular Hbond substituents is 1. The van der Waals surface area contributed by atoms with Crippen LogP contribution in [0.2, 0.25) is 0 Å². The minimum Gasteiger partial charge on any atom is -0.506 e. The van der Waals surface area contributed by atoms with E-state index in [9.17, 15) is 18.5 Å². The number of phenols is 1. The van der Waals surface area contributed by atoms with E-state index in [1.165, 1.54) is 18.2 Å². The first-order valence-electron chi connectivity index (χ1n) is 5.91. The van der Waals surface area contributed by atoms with Gasteiger partial charge in [-0.25, -0.2) is 8.60 Å². The fraction of sp³-hybridized carbons (Fsp3) is 0.167. The topological polar surface area (TPSA) is 95.7 Å². The lowest BCUT2D eigenvalue weighted by molar-refractivity contribution is -0.117. The number of halogens is 1. The molecule has 21 heavy (non-hydrogen) atoms. The zero-order valence-electron chi connectivity index (χ0n) is 10.8. The van der Waals surface area contributed by atoms with Crippen molar-refractivity contribution in [2.75, 3.05) is 10.8 Å². The highest BCUT2D eigenvalue weighted by Crippen LogP contribution is 2.38. The average molecular weight is 311 g/mol. The molecule has 2 aromatic rings. The zero-order chi connectivity index (χ0) is 15.1. The van der Waals surface area contributed by atoms with Gasteiger partial charge < -0.3 is 9.63 Å². The second-order valence-electron chi connectivity index (χ2n) is 4.44. The third kappa shape index (κ3) is 2.25. The maximum Gasteiger partial charge on any atom is 0.253 e. The monoisotopic (exact) mass is 311 g/mol. The van der Waals surface area contributed by atoms with Crippen LogP contribution in [0.25, 0.3) is 11.3 Å². The van der Waals surface area contributed by atoms with Crippen molar-refractivity contribution in [1.29, 1.82) is 0 Å². The van der Waals surface area contributed by atoms with Gasteiger partial charge >= 0.3 is 0 Å².